The predicted octanol–water partition coefficient (Wildman–Crippen LogP) is 3.35. The molecule has 0 aliphatic carbocycles. The lowest BCUT2D eigenvalue weighted by Gasteiger charge is -2.34. The van der Waals surface area contributed by atoms with Crippen LogP contribution in [0.4, 0.5) is 0 Å². The van der Waals surface area contributed by atoms with Crippen LogP contribution in [0.1, 0.15) is 20.3 Å². The normalized spacial score (nSPS) is 19.8. The third-order valence-electron chi connectivity index (χ3n) is 4.55. The van der Waals surface area contributed by atoms with Gasteiger partial charge >= 0.3 is 0 Å². The molecular formula is C19H25N3O4S. The summed E-state index contributed by atoms with van der Waals surface area (Å²) in [5, 5.41) is 8.50. The summed E-state index contributed by atoms with van der Waals surface area (Å²) in [6, 6.07) is 5.37. The number of carbonyl (C=O) groups is 1. The number of likely N-dealkylation sites (tertiary alicyclic amines) is 1. The maximum atomic E-state index is 12.5. The number of amides is 1. The van der Waals surface area contributed by atoms with E-state index in [-0.39, 0.29) is 5.91 Å². The van der Waals surface area contributed by atoms with Crippen molar-refractivity contribution < 1.29 is 18.7 Å². The van der Waals surface area contributed by atoms with E-state index in [9.17, 15) is 4.79 Å². The molecule has 1 aromatic heterocycles. The van der Waals surface area contributed by atoms with Crippen molar-refractivity contribution in [2.75, 3.05) is 33.1 Å². The van der Waals surface area contributed by atoms with Crippen LogP contribution in [-0.4, -0.2) is 54.1 Å². The summed E-state index contributed by atoms with van der Waals surface area (Å²) in [5.41, 5.74) is 0.704. The van der Waals surface area contributed by atoms with E-state index < -0.39 is 0 Å². The van der Waals surface area contributed by atoms with Gasteiger partial charge in [-0.2, -0.15) is 0 Å². The molecule has 1 aliphatic rings. The smallest absolute Gasteiger partial charge is 0.277 e. The molecule has 2 aromatic rings. The molecule has 0 saturated carbocycles. The topological polar surface area (TPSA) is 77.7 Å². The Morgan fingerprint density at radius 2 is 1.78 bits per heavy atom. The maximum absolute atomic E-state index is 12.5. The minimum Gasteiger partial charge on any atom is -0.497 e. The Morgan fingerprint density at radius 3 is 2.37 bits per heavy atom. The second-order valence-corrected chi connectivity index (χ2v) is 7.93. The van der Waals surface area contributed by atoms with Crippen LogP contribution < -0.4 is 9.47 Å². The van der Waals surface area contributed by atoms with Gasteiger partial charge in [0, 0.05) is 24.7 Å². The molecule has 2 atom stereocenters. The molecule has 0 spiro atoms. The van der Waals surface area contributed by atoms with Gasteiger partial charge < -0.3 is 18.8 Å². The first kappa shape index (κ1) is 19.5. The van der Waals surface area contributed by atoms with Crippen molar-refractivity contribution in [2.24, 2.45) is 11.8 Å². The Morgan fingerprint density at radius 1 is 1.15 bits per heavy atom. The number of thioether (sulfide) groups is 1. The van der Waals surface area contributed by atoms with E-state index in [0.29, 0.717) is 45.8 Å². The van der Waals surface area contributed by atoms with Crippen LogP contribution in [0.3, 0.4) is 0 Å². The largest absolute Gasteiger partial charge is 0.497 e. The first-order valence-corrected chi connectivity index (χ1v) is 9.94. The Labute approximate surface area is 163 Å². The van der Waals surface area contributed by atoms with Gasteiger partial charge in [0.25, 0.3) is 5.22 Å². The van der Waals surface area contributed by atoms with Crippen LogP contribution in [0.15, 0.2) is 27.8 Å². The summed E-state index contributed by atoms with van der Waals surface area (Å²) in [6.07, 6.45) is 1.17. The quantitative estimate of drug-likeness (QED) is 0.699. The molecule has 1 aliphatic heterocycles. The molecule has 146 valence electrons. The van der Waals surface area contributed by atoms with Crippen LogP contribution in [0.5, 0.6) is 11.5 Å². The molecule has 8 heteroatoms. The minimum absolute atomic E-state index is 0.112. The second-order valence-electron chi connectivity index (χ2n) is 7.01. The zero-order valence-corrected chi connectivity index (χ0v) is 16.9. The highest BCUT2D eigenvalue weighted by Crippen LogP contribution is 2.30. The number of benzene rings is 1. The molecular weight excluding hydrogens is 366 g/mol. The average Bonchev–Trinajstić information content (AvgIpc) is 3.14. The number of hydrogen-bond acceptors (Lipinski definition) is 7. The number of aromatic nitrogens is 2. The lowest BCUT2D eigenvalue weighted by Crippen LogP contribution is -2.43. The van der Waals surface area contributed by atoms with Gasteiger partial charge in [0.2, 0.25) is 11.8 Å². The molecule has 1 saturated heterocycles. The Bertz CT molecular complexity index is 763. The number of rotatable bonds is 6. The van der Waals surface area contributed by atoms with Crippen molar-refractivity contribution in [3.05, 3.63) is 18.2 Å². The summed E-state index contributed by atoms with van der Waals surface area (Å²) in [5.74, 6) is 3.13. The lowest BCUT2D eigenvalue weighted by atomic mass is 9.92. The van der Waals surface area contributed by atoms with Crippen LogP contribution in [0.2, 0.25) is 0 Å². The van der Waals surface area contributed by atoms with Crippen molar-refractivity contribution in [3.63, 3.8) is 0 Å². The Kier molecular flexibility index (Phi) is 6.26. The lowest BCUT2D eigenvalue weighted by molar-refractivity contribution is -0.130. The van der Waals surface area contributed by atoms with Gasteiger partial charge in [-0.1, -0.05) is 25.6 Å². The van der Waals surface area contributed by atoms with E-state index in [4.69, 9.17) is 13.9 Å². The molecule has 2 heterocycles. The highest BCUT2D eigenvalue weighted by Gasteiger charge is 2.25. The van der Waals surface area contributed by atoms with Crippen molar-refractivity contribution in [1.82, 2.24) is 15.1 Å². The van der Waals surface area contributed by atoms with Gasteiger partial charge in [-0.15, -0.1) is 10.2 Å². The standard InChI is InChI=1S/C19H25N3O4S/c1-12-5-13(2)10-22(9-12)17(23)11-27-19-21-20-18(26-19)14-6-15(24-3)8-16(7-14)25-4/h6-8,12-13H,5,9-11H2,1-4H3/t12-,13+. The zero-order valence-electron chi connectivity index (χ0n) is 16.1. The Hall–Kier alpha value is -2.22. The SMILES string of the molecule is COc1cc(OC)cc(-c2nnc(SCC(=O)N3C[C@H](C)C[C@H](C)C3)o2)c1. The number of carbonyl (C=O) groups excluding carboxylic acids is 1. The van der Waals surface area contributed by atoms with E-state index in [2.05, 4.69) is 24.0 Å². The van der Waals surface area contributed by atoms with E-state index in [1.807, 2.05) is 4.90 Å². The summed E-state index contributed by atoms with van der Waals surface area (Å²) in [4.78, 5) is 14.4. The van der Waals surface area contributed by atoms with Crippen LogP contribution >= 0.6 is 11.8 Å². The van der Waals surface area contributed by atoms with E-state index in [0.717, 1.165) is 13.1 Å². The van der Waals surface area contributed by atoms with E-state index in [1.54, 1.807) is 32.4 Å². The maximum Gasteiger partial charge on any atom is 0.277 e. The predicted molar refractivity (Wildman–Crippen MR) is 103 cm³/mol. The van der Waals surface area contributed by atoms with Crippen molar-refractivity contribution in [1.29, 1.82) is 0 Å². The summed E-state index contributed by atoms with van der Waals surface area (Å²) in [7, 11) is 3.17. The van der Waals surface area contributed by atoms with Crippen LogP contribution in [-0.2, 0) is 4.79 Å². The zero-order chi connectivity index (χ0) is 19.4. The fourth-order valence-electron chi connectivity index (χ4n) is 3.40. The summed E-state index contributed by atoms with van der Waals surface area (Å²) in [6.45, 7) is 6.02. The number of piperidine rings is 1. The van der Waals surface area contributed by atoms with E-state index >= 15 is 0 Å². The van der Waals surface area contributed by atoms with Crippen LogP contribution in [0.25, 0.3) is 11.5 Å². The molecule has 3 rings (SSSR count). The molecule has 1 aromatic carbocycles. The number of nitrogens with zero attached hydrogens (tertiary/aromatic N) is 3. The molecule has 0 N–H and O–H groups in total. The van der Waals surface area contributed by atoms with Gasteiger partial charge in [-0.05, 0) is 30.4 Å². The molecule has 1 amide bonds. The number of ether oxygens (including phenoxy) is 2. The van der Waals surface area contributed by atoms with Crippen molar-refractivity contribution >= 4 is 17.7 Å². The average molecular weight is 391 g/mol. The number of methoxy groups -OCH3 is 2. The fourth-order valence-corrected chi connectivity index (χ4v) is 4.06. The Balaban J connectivity index is 1.64. The van der Waals surface area contributed by atoms with Gasteiger partial charge in [0.15, 0.2) is 0 Å². The molecule has 0 bridgehead atoms. The summed E-state index contributed by atoms with van der Waals surface area (Å²) >= 11 is 1.27. The molecule has 0 unspecified atom stereocenters. The van der Waals surface area contributed by atoms with E-state index in [1.165, 1.54) is 18.2 Å². The van der Waals surface area contributed by atoms with Gasteiger partial charge in [-0.25, -0.2) is 0 Å². The second kappa shape index (κ2) is 8.65. The monoisotopic (exact) mass is 391 g/mol. The highest BCUT2D eigenvalue weighted by atomic mass is 32.2. The fraction of sp³-hybridized carbons (Fsp3) is 0.526. The first-order chi connectivity index (χ1) is 13.0. The van der Waals surface area contributed by atoms with Crippen molar-refractivity contribution in [3.8, 4) is 23.0 Å². The number of hydrogen-bond donors (Lipinski definition) is 0. The van der Waals surface area contributed by atoms with Crippen LogP contribution in [0, 0.1) is 11.8 Å². The first-order valence-electron chi connectivity index (χ1n) is 8.96. The molecule has 7 nitrogen and oxygen atoms in total. The third-order valence-corrected chi connectivity index (χ3v) is 5.35. The molecule has 0 radical (unpaired) electrons. The van der Waals surface area contributed by atoms with Gasteiger partial charge in [-0.3, -0.25) is 4.79 Å². The van der Waals surface area contributed by atoms with Crippen molar-refractivity contribution in [2.45, 2.75) is 25.5 Å². The minimum atomic E-state index is 0.112. The third kappa shape index (κ3) is 4.94. The van der Waals surface area contributed by atoms with Gasteiger partial charge in [0.05, 0.1) is 20.0 Å². The molecule has 27 heavy (non-hydrogen) atoms. The highest BCUT2D eigenvalue weighted by molar-refractivity contribution is 7.99. The van der Waals surface area contributed by atoms with Gasteiger partial charge in [0.1, 0.15) is 11.5 Å². The summed E-state index contributed by atoms with van der Waals surface area (Å²) < 4.78 is 16.2. The molecule has 1 fully saturated rings.